The van der Waals surface area contributed by atoms with Gasteiger partial charge in [0.2, 0.25) is 11.8 Å². The molecule has 2 atom stereocenters. The number of nitrogens with one attached hydrogen (secondary N) is 1. The number of piperazine rings is 1. The average molecular weight is 282 g/mol. The molecule has 0 bridgehead atoms. The van der Waals surface area contributed by atoms with Crippen molar-refractivity contribution < 1.29 is 14.4 Å². The van der Waals surface area contributed by atoms with Crippen LogP contribution in [0.25, 0.3) is 0 Å². The maximum atomic E-state index is 12.6. The minimum Gasteiger partial charge on any atom is -0.351 e. The Morgan fingerprint density at radius 2 is 2.05 bits per heavy atom. The smallest absolute Gasteiger partial charge is 0.315 e. The van der Waals surface area contributed by atoms with Gasteiger partial charge < -0.3 is 16.0 Å². The van der Waals surface area contributed by atoms with Crippen LogP contribution in [0.5, 0.6) is 0 Å². The van der Waals surface area contributed by atoms with Crippen LogP contribution < -0.4 is 11.1 Å². The van der Waals surface area contributed by atoms with Crippen LogP contribution in [0.4, 0.5) is 4.79 Å². The Balaban J connectivity index is 2.21. The van der Waals surface area contributed by atoms with Crippen LogP contribution in [0, 0.1) is 5.92 Å². The molecule has 7 nitrogen and oxygen atoms in total. The first-order valence-electron chi connectivity index (χ1n) is 7.11. The summed E-state index contributed by atoms with van der Waals surface area (Å²) in [6.45, 7) is 3.61. The second kappa shape index (κ2) is 6.21. The van der Waals surface area contributed by atoms with Crippen molar-refractivity contribution in [2.24, 2.45) is 11.7 Å². The molecule has 1 unspecified atom stereocenters. The standard InChI is InChI=1S/C13H22N4O3/c1-9(18)16-6-3-2-4-10(12(16)19)11-8-15-5-7-17(11)13(14)20/h10-11,15H,2-8H2,1H3,(H2,14,20)/t10-,11?/m0/s1. The fourth-order valence-corrected chi connectivity index (χ4v) is 3.10. The van der Waals surface area contributed by atoms with Gasteiger partial charge in [-0.3, -0.25) is 14.5 Å². The van der Waals surface area contributed by atoms with E-state index in [-0.39, 0.29) is 23.8 Å². The molecule has 2 aliphatic rings. The van der Waals surface area contributed by atoms with Gasteiger partial charge in [-0.15, -0.1) is 0 Å². The van der Waals surface area contributed by atoms with Gasteiger partial charge in [0.15, 0.2) is 0 Å². The molecule has 4 amide bonds. The molecule has 2 heterocycles. The average Bonchev–Trinajstić information content (AvgIpc) is 2.60. The van der Waals surface area contributed by atoms with E-state index in [0.717, 1.165) is 12.8 Å². The quantitative estimate of drug-likeness (QED) is 0.678. The van der Waals surface area contributed by atoms with Crippen molar-refractivity contribution in [2.75, 3.05) is 26.2 Å². The van der Waals surface area contributed by atoms with Crippen LogP contribution in [-0.4, -0.2) is 59.9 Å². The molecule has 2 rings (SSSR count). The highest BCUT2D eigenvalue weighted by atomic mass is 16.2. The first-order valence-corrected chi connectivity index (χ1v) is 7.11. The molecule has 0 aromatic carbocycles. The molecule has 3 N–H and O–H groups in total. The summed E-state index contributed by atoms with van der Waals surface area (Å²) < 4.78 is 0. The van der Waals surface area contributed by atoms with Crippen molar-refractivity contribution >= 4 is 17.8 Å². The Bertz CT molecular complexity index is 412. The van der Waals surface area contributed by atoms with Crippen molar-refractivity contribution in [3.05, 3.63) is 0 Å². The molecule has 0 spiro atoms. The molecule has 0 radical (unpaired) electrons. The summed E-state index contributed by atoms with van der Waals surface area (Å²) in [7, 11) is 0. The third-order valence-electron chi connectivity index (χ3n) is 4.14. The number of primary amides is 1. The lowest BCUT2D eigenvalue weighted by Crippen LogP contribution is -2.60. The van der Waals surface area contributed by atoms with Gasteiger partial charge in [0.1, 0.15) is 0 Å². The SMILES string of the molecule is CC(=O)N1CCCC[C@@H](C2CNCCN2C(N)=O)C1=O. The molecule has 112 valence electrons. The normalized spacial score (nSPS) is 28.1. The number of amides is 4. The van der Waals surface area contributed by atoms with Crippen LogP contribution in [0.2, 0.25) is 0 Å². The highest BCUT2D eigenvalue weighted by molar-refractivity contribution is 5.96. The van der Waals surface area contributed by atoms with Gasteiger partial charge in [0.05, 0.1) is 12.0 Å². The van der Waals surface area contributed by atoms with Gasteiger partial charge in [-0.1, -0.05) is 6.42 Å². The number of nitrogens with two attached hydrogens (primary N) is 1. The van der Waals surface area contributed by atoms with Gasteiger partial charge in [-0.25, -0.2) is 4.79 Å². The number of likely N-dealkylation sites (tertiary alicyclic amines) is 1. The number of carbonyl (C=O) groups excluding carboxylic acids is 3. The molecule has 2 saturated heterocycles. The van der Waals surface area contributed by atoms with Crippen molar-refractivity contribution in [1.82, 2.24) is 15.1 Å². The number of hydrogen-bond donors (Lipinski definition) is 2. The van der Waals surface area contributed by atoms with Crippen LogP contribution >= 0.6 is 0 Å². The van der Waals surface area contributed by atoms with Gasteiger partial charge in [-0.2, -0.15) is 0 Å². The maximum Gasteiger partial charge on any atom is 0.315 e. The monoisotopic (exact) mass is 282 g/mol. The third kappa shape index (κ3) is 2.92. The van der Waals surface area contributed by atoms with E-state index in [0.29, 0.717) is 32.6 Å². The van der Waals surface area contributed by atoms with E-state index in [1.54, 1.807) is 4.90 Å². The number of hydrogen-bond acceptors (Lipinski definition) is 4. The number of carbonyl (C=O) groups is 3. The summed E-state index contributed by atoms with van der Waals surface area (Å²) in [6.07, 6.45) is 2.39. The second-order valence-corrected chi connectivity index (χ2v) is 5.41. The molecule has 0 aromatic rings. The lowest BCUT2D eigenvalue weighted by Gasteiger charge is -2.39. The van der Waals surface area contributed by atoms with E-state index in [1.807, 2.05) is 0 Å². The second-order valence-electron chi connectivity index (χ2n) is 5.41. The summed E-state index contributed by atoms with van der Waals surface area (Å²) >= 11 is 0. The Morgan fingerprint density at radius 3 is 2.70 bits per heavy atom. The lowest BCUT2D eigenvalue weighted by atomic mass is 9.91. The minimum atomic E-state index is -0.497. The van der Waals surface area contributed by atoms with Gasteiger partial charge in [0.25, 0.3) is 0 Å². The summed E-state index contributed by atoms with van der Waals surface area (Å²) in [5.74, 6) is -0.743. The van der Waals surface area contributed by atoms with Crippen molar-refractivity contribution in [3.63, 3.8) is 0 Å². The van der Waals surface area contributed by atoms with E-state index in [4.69, 9.17) is 5.73 Å². The number of imide groups is 1. The Kier molecular flexibility index (Phi) is 4.59. The van der Waals surface area contributed by atoms with E-state index >= 15 is 0 Å². The molecule has 7 heteroatoms. The van der Waals surface area contributed by atoms with Crippen molar-refractivity contribution in [1.29, 1.82) is 0 Å². The summed E-state index contributed by atoms with van der Waals surface area (Å²) in [6, 6.07) is -0.753. The Labute approximate surface area is 118 Å². The van der Waals surface area contributed by atoms with Gasteiger partial charge in [0, 0.05) is 33.1 Å². The van der Waals surface area contributed by atoms with Crippen molar-refractivity contribution in [2.45, 2.75) is 32.2 Å². The zero-order chi connectivity index (χ0) is 14.7. The van der Waals surface area contributed by atoms with Crippen LogP contribution in [0.1, 0.15) is 26.2 Å². The van der Waals surface area contributed by atoms with E-state index in [2.05, 4.69) is 5.32 Å². The molecular formula is C13H22N4O3. The largest absolute Gasteiger partial charge is 0.351 e. The Morgan fingerprint density at radius 1 is 1.30 bits per heavy atom. The summed E-state index contributed by atoms with van der Waals surface area (Å²) in [5, 5.41) is 3.20. The van der Waals surface area contributed by atoms with Crippen LogP contribution in [0.15, 0.2) is 0 Å². The molecular weight excluding hydrogens is 260 g/mol. The van der Waals surface area contributed by atoms with Gasteiger partial charge >= 0.3 is 6.03 Å². The zero-order valence-corrected chi connectivity index (χ0v) is 11.8. The number of rotatable bonds is 1. The Hall–Kier alpha value is -1.63. The topological polar surface area (TPSA) is 95.7 Å². The molecule has 0 aromatic heterocycles. The molecule has 2 fully saturated rings. The maximum absolute atomic E-state index is 12.6. The molecule has 0 aliphatic carbocycles. The highest BCUT2D eigenvalue weighted by Crippen LogP contribution is 2.25. The van der Waals surface area contributed by atoms with E-state index in [1.165, 1.54) is 11.8 Å². The summed E-state index contributed by atoms with van der Waals surface area (Å²) in [4.78, 5) is 38.6. The minimum absolute atomic E-state index is 0.171. The first-order chi connectivity index (χ1) is 9.52. The number of nitrogens with zero attached hydrogens (tertiary/aromatic N) is 2. The third-order valence-corrected chi connectivity index (χ3v) is 4.14. The fraction of sp³-hybridized carbons (Fsp3) is 0.769. The fourth-order valence-electron chi connectivity index (χ4n) is 3.10. The molecule has 20 heavy (non-hydrogen) atoms. The van der Waals surface area contributed by atoms with Gasteiger partial charge in [-0.05, 0) is 12.8 Å². The first kappa shape index (κ1) is 14.8. The van der Waals surface area contributed by atoms with E-state index < -0.39 is 6.03 Å². The predicted octanol–water partition coefficient (Wildman–Crippen LogP) is -0.486. The van der Waals surface area contributed by atoms with Crippen LogP contribution in [-0.2, 0) is 9.59 Å². The molecule has 2 aliphatic heterocycles. The number of urea groups is 1. The predicted molar refractivity (Wildman–Crippen MR) is 72.7 cm³/mol. The highest BCUT2D eigenvalue weighted by Gasteiger charge is 2.39. The van der Waals surface area contributed by atoms with E-state index in [9.17, 15) is 14.4 Å². The van der Waals surface area contributed by atoms with Crippen molar-refractivity contribution in [3.8, 4) is 0 Å². The zero-order valence-electron chi connectivity index (χ0n) is 11.8. The molecule has 0 saturated carbocycles. The summed E-state index contributed by atoms with van der Waals surface area (Å²) in [5.41, 5.74) is 5.41. The van der Waals surface area contributed by atoms with Crippen LogP contribution in [0.3, 0.4) is 0 Å². The lowest BCUT2D eigenvalue weighted by molar-refractivity contribution is -0.147.